The first-order valence-electron chi connectivity index (χ1n) is 7.16. The average Bonchev–Trinajstić information content (AvgIpc) is 3.08. The molecule has 126 valence electrons. The second kappa shape index (κ2) is 6.33. The van der Waals surface area contributed by atoms with E-state index in [0.29, 0.717) is 17.5 Å². The molecule has 0 aliphatic heterocycles. The third-order valence-corrected chi connectivity index (χ3v) is 5.27. The van der Waals surface area contributed by atoms with Crippen molar-refractivity contribution in [3.05, 3.63) is 82.5 Å². The van der Waals surface area contributed by atoms with E-state index >= 15 is 0 Å². The van der Waals surface area contributed by atoms with Crippen LogP contribution in [0.15, 0.2) is 71.8 Å². The summed E-state index contributed by atoms with van der Waals surface area (Å²) >= 11 is 0. The minimum atomic E-state index is -4.11. The Morgan fingerprint density at radius 3 is 2.36 bits per heavy atom. The Balaban J connectivity index is 2.21. The molecule has 8 heteroatoms. The van der Waals surface area contributed by atoms with Gasteiger partial charge >= 0.3 is 0 Å². The number of carbonyl (C=O) groups excluding carboxylic acids is 1. The summed E-state index contributed by atoms with van der Waals surface area (Å²) < 4.78 is 26.9. The molecule has 1 heterocycles. The van der Waals surface area contributed by atoms with Gasteiger partial charge in [-0.1, -0.05) is 36.4 Å². The van der Waals surface area contributed by atoms with E-state index in [4.69, 9.17) is 0 Å². The van der Waals surface area contributed by atoms with Gasteiger partial charge in [0.2, 0.25) is 0 Å². The van der Waals surface area contributed by atoms with Gasteiger partial charge in [-0.25, -0.2) is 12.4 Å². The van der Waals surface area contributed by atoms with Gasteiger partial charge in [0.15, 0.2) is 6.29 Å². The Kier molecular flexibility index (Phi) is 4.20. The van der Waals surface area contributed by atoms with Crippen molar-refractivity contribution in [2.75, 3.05) is 0 Å². The summed E-state index contributed by atoms with van der Waals surface area (Å²) in [7, 11) is -4.11. The van der Waals surface area contributed by atoms with Crippen molar-refractivity contribution in [2.45, 2.75) is 4.90 Å². The SMILES string of the molecule is O=Cc1cc(-c2ccccc2)n(S(=O)(=O)c2cccc([N+](=O)[O-])c2)c1. The zero-order valence-corrected chi connectivity index (χ0v) is 13.6. The number of hydrogen-bond donors (Lipinski definition) is 0. The van der Waals surface area contributed by atoms with Gasteiger partial charge in [-0.05, 0) is 17.7 Å². The lowest BCUT2D eigenvalue weighted by Gasteiger charge is -2.10. The van der Waals surface area contributed by atoms with Gasteiger partial charge in [0.1, 0.15) is 0 Å². The van der Waals surface area contributed by atoms with Gasteiger partial charge in [0.25, 0.3) is 15.7 Å². The van der Waals surface area contributed by atoms with Crippen LogP contribution >= 0.6 is 0 Å². The van der Waals surface area contributed by atoms with Gasteiger partial charge < -0.3 is 0 Å². The van der Waals surface area contributed by atoms with E-state index in [0.717, 1.165) is 10.0 Å². The van der Waals surface area contributed by atoms with Gasteiger partial charge in [-0.3, -0.25) is 14.9 Å². The van der Waals surface area contributed by atoms with Gasteiger partial charge in [-0.15, -0.1) is 0 Å². The van der Waals surface area contributed by atoms with E-state index in [1.54, 1.807) is 30.3 Å². The molecule has 0 aliphatic carbocycles. The number of non-ortho nitro benzene ring substituents is 1. The van der Waals surface area contributed by atoms with Crippen LogP contribution in [0.25, 0.3) is 11.3 Å². The predicted molar refractivity (Wildman–Crippen MR) is 90.9 cm³/mol. The highest BCUT2D eigenvalue weighted by molar-refractivity contribution is 7.90. The molecule has 0 saturated carbocycles. The summed E-state index contributed by atoms with van der Waals surface area (Å²) in [4.78, 5) is 21.1. The molecule has 2 aromatic carbocycles. The molecule has 0 amide bonds. The molecule has 0 N–H and O–H groups in total. The van der Waals surface area contributed by atoms with Crippen molar-refractivity contribution < 1.29 is 18.1 Å². The molecule has 25 heavy (non-hydrogen) atoms. The van der Waals surface area contributed by atoms with E-state index in [1.807, 2.05) is 0 Å². The maximum Gasteiger partial charge on any atom is 0.270 e. The molecule has 0 bridgehead atoms. The third kappa shape index (κ3) is 3.07. The lowest BCUT2D eigenvalue weighted by Crippen LogP contribution is -2.13. The third-order valence-electron chi connectivity index (χ3n) is 3.60. The maximum atomic E-state index is 13.0. The smallest absolute Gasteiger partial charge is 0.270 e. The van der Waals surface area contributed by atoms with Crippen molar-refractivity contribution in [3.63, 3.8) is 0 Å². The second-order valence-electron chi connectivity index (χ2n) is 5.20. The minimum absolute atomic E-state index is 0.188. The highest BCUT2D eigenvalue weighted by atomic mass is 32.2. The fourth-order valence-electron chi connectivity index (χ4n) is 2.42. The van der Waals surface area contributed by atoms with E-state index in [-0.39, 0.29) is 16.1 Å². The van der Waals surface area contributed by atoms with Crippen LogP contribution in [-0.2, 0) is 10.0 Å². The molecule has 3 rings (SSSR count). The average molecular weight is 356 g/mol. The number of carbonyl (C=O) groups is 1. The summed E-state index contributed by atoms with van der Waals surface area (Å²) in [5.74, 6) is 0. The highest BCUT2D eigenvalue weighted by Gasteiger charge is 2.23. The fourth-order valence-corrected chi connectivity index (χ4v) is 3.84. The van der Waals surface area contributed by atoms with Crippen molar-refractivity contribution in [3.8, 4) is 11.3 Å². The Labute approximate surface area is 143 Å². The lowest BCUT2D eigenvalue weighted by atomic mass is 10.1. The summed E-state index contributed by atoms with van der Waals surface area (Å²) in [6, 6.07) is 14.9. The second-order valence-corrected chi connectivity index (χ2v) is 7.01. The Morgan fingerprint density at radius 1 is 1.00 bits per heavy atom. The zero-order valence-electron chi connectivity index (χ0n) is 12.8. The molecule has 0 aliphatic rings. The highest BCUT2D eigenvalue weighted by Crippen LogP contribution is 2.27. The number of benzene rings is 2. The van der Waals surface area contributed by atoms with Crippen LogP contribution in [0.3, 0.4) is 0 Å². The number of aldehydes is 1. The first kappa shape index (κ1) is 16.6. The number of nitrogens with zero attached hydrogens (tertiary/aromatic N) is 2. The Hall–Kier alpha value is -3.26. The van der Waals surface area contributed by atoms with E-state index in [2.05, 4.69) is 0 Å². The largest absolute Gasteiger partial charge is 0.298 e. The van der Waals surface area contributed by atoms with Gasteiger partial charge in [0, 0.05) is 23.9 Å². The first-order valence-corrected chi connectivity index (χ1v) is 8.60. The number of nitro groups is 1. The zero-order chi connectivity index (χ0) is 18.0. The predicted octanol–water partition coefficient (Wildman–Crippen LogP) is 3.11. The fraction of sp³-hybridized carbons (Fsp3) is 0. The summed E-state index contributed by atoms with van der Waals surface area (Å²) in [6.45, 7) is 0. The molecule has 0 spiro atoms. The summed E-state index contributed by atoms with van der Waals surface area (Å²) in [5.41, 5.74) is 0.761. The number of aromatic nitrogens is 1. The number of rotatable bonds is 5. The Morgan fingerprint density at radius 2 is 1.72 bits per heavy atom. The maximum absolute atomic E-state index is 13.0. The summed E-state index contributed by atoms with van der Waals surface area (Å²) in [6.07, 6.45) is 1.75. The van der Waals surface area contributed by atoms with E-state index in [9.17, 15) is 23.3 Å². The molecule has 0 unspecified atom stereocenters. The normalized spacial score (nSPS) is 11.2. The van der Waals surface area contributed by atoms with Gasteiger partial charge in [-0.2, -0.15) is 0 Å². The minimum Gasteiger partial charge on any atom is -0.298 e. The lowest BCUT2D eigenvalue weighted by molar-refractivity contribution is -0.385. The topological polar surface area (TPSA) is 99.3 Å². The quantitative estimate of drug-likeness (QED) is 0.397. The van der Waals surface area contributed by atoms with Crippen LogP contribution < -0.4 is 0 Å². The Bertz CT molecular complexity index is 1060. The van der Waals surface area contributed by atoms with Crippen LogP contribution in [0.4, 0.5) is 5.69 Å². The van der Waals surface area contributed by atoms with E-state index < -0.39 is 14.9 Å². The van der Waals surface area contributed by atoms with Gasteiger partial charge in [0.05, 0.1) is 15.5 Å². The molecule has 0 radical (unpaired) electrons. The van der Waals surface area contributed by atoms with Crippen molar-refractivity contribution in [1.29, 1.82) is 0 Å². The molecule has 7 nitrogen and oxygen atoms in total. The van der Waals surface area contributed by atoms with Crippen LogP contribution in [0.5, 0.6) is 0 Å². The van der Waals surface area contributed by atoms with Crippen molar-refractivity contribution >= 4 is 22.0 Å². The standard InChI is InChI=1S/C17H12N2O5S/c20-12-13-9-17(14-5-2-1-3-6-14)18(11-13)25(23,24)16-8-4-7-15(10-16)19(21)22/h1-12H. The molecule has 0 atom stereocenters. The van der Waals surface area contributed by atoms with Crippen LogP contribution in [0, 0.1) is 10.1 Å². The van der Waals surface area contributed by atoms with Crippen LogP contribution in [-0.4, -0.2) is 23.6 Å². The van der Waals surface area contributed by atoms with Crippen LogP contribution in [0.1, 0.15) is 10.4 Å². The van der Waals surface area contributed by atoms with E-state index in [1.165, 1.54) is 30.5 Å². The van der Waals surface area contributed by atoms with Crippen LogP contribution in [0.2, 0.25) is 0 Å². The number of hydrogen-bond acceptors (Lipinski definition) is 5. The number of nitro benzene ring substituents is 1. The van der Waals surface area contributed by atoms with Crippen molar-refractivity contribution in [1.82, 2.24) is 3.97 Å². The molecular formula is C17H12N2O5S. The molecule has 3 aromatic rings. The molecule has 1 aromatic heterocycles. The molecular weight excluding hydrogens is 344 g/mol. The van der Waals surface area contributed by atoms with Crippen molar-refractivity contribution in [2.24, 2.45) is 0 Å². The monoisotopic (exact) mass is 356 g/mol. The summed E-state index contributed by atoms with van der Waals surface area (Å²) in [5, 5.41) is 10.9. The first-order chi connectivity index (χ1) is 11.9. The molecule has 0 saturated heterocycles. The molecule has 0 fully saturated rings.